The Kier molecular flexibility index (Phi) is 5.20. The Morgan fingerprint density at radius 3 is 2.40 bits per heavy atom. The van der Waals surface area contributed by atoms with Crippen molar-refractivity contribution in [2.75, 3.05) is 31.1 Å². The molecule has 6 heteroatoms. The van der Waals surface area contributed by atoms with E-state index in [2.05, 4.69) is 26.1 Å². The molecule has 0 radical (unpaired) electrons. The van der Waals surface area contributed by atoms with Crippen molar-refractivity contribution in [1.29, 1.82) is 0 Å². The lowest BCUT2D eigenvalue weighted by Gasteiger charge is -2.40. The van der Waals surface area contributed by atoms with Gasteiger partial charge in [0.1, 0.15) is 0 Å². The van der Waals surface area contributed by atoms with Crippen molar-refractivity contribution in [3.05, 3.63) is 34.3 Å². The lowest BCUT2D eigenvalue weighted by molar-refractivity contribution is 0.141. The van der Waals surface area contributed by atoms with Crippen LogP contribution < -0.4 is 4.90 Å². The average molecular weight is 379 g/mol. The molecule has 0 unspecified atom stereocenters. The summed E-state index contributed by atoms with van der Waals surface area (Å²) in [5, 5.41) is 8.80. The number of rotatable bonds is 3. The maximum absolute atomic E-state index is 6.13. The van der Waals surface area contributed by atoms with E-state index < -0.39 is 0 Å². The molecule has 1 aromatic carbocycles. The van der Waals surface area contributed by atoms with E-state index in [-0.39, 0.29) is 0 Å². The summed E-state index contributed by atoms with van der Waals surface area (Å²) < 4.78 is 0. The number of aromatic amines is 1. The lowest BCUT2D eigenvalue weighted by atomic mass is 10.00. The van der Waals surface area contributed by atoms with Crippen LogP contribution in [0, 0.1) is 0 Å². The monoisotopic (exact) mass is 378 g/mol. The first-order valence-corrected chi connectivity index (χ1v) is 9.96. The lowest BCUT2D eigenvalue weighted by Crippen LogP contribution is -2.46. The highest BCUT2D eigenvalue weighted by Gasteiger charge is 2.26. The number of H-pyrrole nitrogens is 1. The molecular weight excluding hydrogens is 355 g/mol. The first-order chi connectivity index (χ1) is 12.2. The fourth-order valence-corrected chi connectivity index (χ4v) is 4.33. The quantitative estimate of drug-likeness (QED) is 0.829. The summed E-state index contributed by atoms with van der Waals surface area (Å²) in [4.78, 5) is 5.09. The third-order valence-corrected chi connectivity index (χ3v) is 6.23. The predicted molar refractivity (Wildman–Crippen MR) is 105 cm³/mol. The van der Waals surface area contributed by atoms with Gasteiger partial charge in [-0.3, -0.25) is 5.10 Å². The zero-order valence-corrected chi connectivity index (χ0v) is 15.9. The van der Waals surface area contributed by atoms with Gasteiger partial charge in [-0.05, 0) is 50.9 Å². The maximum atomic E-state index is 6.13. The molecule has 0 aliphatic carbocycles. The van der Waals surface area contributed by atoms with Crippen molar-refractivity contribution in [2.45, 2.75) is 38.1 Å². The molecule has 2 aliphatic rings. The Hall–Kier alpha value is -1.23. The van der Waals surface area contributed by atoms with Gasteiger partial charge >= 0.3 is 0 Å². The number of hydrogen-bond donors (Lipinski definition) is 1. The molecule has 0 atom stereocenters. The minimum absolute atomic E-state index is 0.567. The zero-order chi connectivity index (χ0) is 17.2. The standard InChI is InChI=1S/C19H24Cl2N4/c20-16-5-4-14(12-17(16)21)18-13-19(23-22-18)25-10-6-15(7-11-25)24-8-2-1-3-9-24/h4-5,12-13,15H,1-3,6-11H2,(H,22,23). The van der Waals surface area contributed by atoms with Crippen LogP contribution in [0.25, 0.3) is 11.3 Å². The molecule has 25 heavy (non-hydrogen) atoms. The minimum atomic E-state index is 0.567. The number of nitrogens with one attached hydrogen (secondary N) is 1. The van der Waals surface area contributed by atoms with Gasteiger partial charge in [-0.15, -0.1) is 0 Å². The Morgan fingerprint density at radius 2 is 1.68 bits per heavy atom. The molecule has 134 valence electrons. The Labute approximate surface area is 159 Å². The van der Waals surface area contributed by atoms with Crippen LogP contribution in [-0.2, 0) is 0 Å². The highest BCUT2D eigenvalue weighted by Crippen LogP contribution is 2.30. The van der Waals surface area contributed by atoms with Crippen molar-refractivity contribution in [2.24, 2.45) is 0 Å². The van der Waals surface area contributed by atoms with Gasteiger partial charge in [0.25, 0.3) is 0 Å². The number of aromatic nitrogens is 2. The van der Waals surface area contributed by atoms with Gasteiger partial charge in [0, 0.05) is 30.8 Å². The van der Waals surface area contributed by atoms with Crippen LogP contribution in [0.15, 0.2) is 24.3 Å². The minimum Gasteiger partial charge on any atom is -0.355 e. The van der Waals surface area contributed by atoms with Gasteiger partial charge in [0.05, 0.1) is 15.7 Å². The smallest absolute Gasteiger partial charge is 0.150 e. The molecule has 0 bridgehead atoms. The van der Waals surface area contributed by atoms with E-state index in [0.29, 0.717) is 10.0 Å². The van der Waals surface area contributed by atoms with E-state index in [1.807, 2.05) is 18.2 Å². The number of piperidine rings is 2. The summed E-state index contributed by atoms with van der Waals surface area (Å²) in [6, 6.07) is 8.53. The fraction of sp³-hybridized carbons (Fsp3) is 0.526. The Balaban J connectivity index is 1.40. The average Bonchev–Trinajstić information content (AvgIpc) is 3.15. The van der Waals surface area contributed by atoms with Gasteiger partial charge in [-0.2, -0.15) is 5.10 Å². The molecule has 4 nitrogen and oxygen atoms in total. The summed E-state index contributed by atoms with van der Waals surface area (Å²) in [6.07, 6.45) is 6.60. The van der Waals surface area contributed by atoms with Crippen LogP contribution in [0.3, 0.4) is 0 Å². The Morgan fingerprint density at radius 1 is 0.920 bits per heavy atom. The molecule has 1 N–H and O–H groups in total. The van der Waals surface area contributed by atoms with Crippen LogP contribution in [-0.4, -0.2) is 47.3 Å². The number of nitrogens with zero attached hydrogens (tertiary/aromatic N) is 3. The molecule has 0 saturated carbocycles. The van der Waals surface area contributed by atoms with Gasteiger partial charge in [0.2, 0.25) is 0 Å². The molecule has 0 amide bonds. The van der Waals surface area contributed by atoms with Crippen LogP contribution in [0.4, 0.5) is 5.82 Å². The number of anilines is 1. The van der Waals surface area contributed by atoms with E-state index in [4.69, 9.17) is 23.2 Å². The van der Waals surface area contributed by atoms with Crippen molar-refractivity contribution in [3.8, 4) is 11.3 Å². The third kappa shape index (κ3) is 3.81. The van der Waals surface area contributed by atoms with Crippen LogP contribution in [0.2, 0.25) is 10.0 Å². The molecule has 2 aromatic rings. The molecule has 3 heterocycles. The molecule has 2 saturated heterocycles. The summed E-state index contributed by atoms with van der Waals surface area (Å²) in [6.45, 7) is 4.72. The number of benzene rings is 1. The van der Waals surface area contributed by atoms with Crippen molar-refractivity contribution in [1.82, 2.24) is 15.1 Å². The van der Waals surface area contributed by atoms with Crippen LogP contribution >= 0.6 is 23.2 Å². The van der Waals surface area contributed by atoms with Gasteiger partial charge in [-0.25, -0.2) is 0 Å². The van der Waals surface area contributed by atoms with Crippen molar-refractivity contribution in [3.63, 3.8) is 0 Å². The molecule has 0 spiro atoms. The second-order valence-corrected chi connectivity index (χ2v) is 7.90. The first-order valence-electron chi connectivity index (χ1n) is 9.20. The highest BCUT2D eigenvalue weighted by atomic mass is 35.5. The third-order valence-electron chi connectivity index (χ3n) is 5.49. The molecular formula is C19H24Cl2N4. The summed E-state index contributed by atoms with van der Waals surface area (Å²) in [7, 11) is 0. The normalized spacial score (nSPS) is 20.2. The van der Waals surface area contributed by atoms with Crippen molar-refractivity contribution >= 4 is 29.0 Å². The second kappa shape index (κ2) is 7.56. The molecule has 1 aromatic heterocycles. The SMILES string of the molecule is Clc1ccc(-c2cc(N3CCC(N4CCCCC4)CC3)n[nH]2)cc1Cl. The van der Waals surface area contributed by atoms with Gasteiger partial charge < -0.3 is 9.80 Å². The van der Waals surface area contributed by atoms with E-state index in [0.717, 1.165) is 36.2 Å². The summed E-state index contributed by atoms with van der Waals surface area (Å²) in [5.41, 5.74) is 1.99. The number of likely N-dealkylation sites (tertiary alicyclic amines) is 1. The molecule has 2 fully saturated rings. The van der Waals surface area contributed by atoms with Crippen molar-refractivity contribution < 1.29 is 0 Å². The summed E-state index contributed by atoms with van der Waals surface area (Å²) in [5.74, 6) is 1.03. The van der Waals surface area contributed by atoms with E-state index in [1.165, 1.54) is 45.2 Å². The largest absolute Gasteiger partial charge is 0.355 e. The zero-order valence-electron chi connectivity index (χ0n) is 14.3. The topological polar surface area (TPSA) is 35.2 Å². The number of hydrogen-bond acceptors (Lipinski definition) is 3. The fourth-order valence-electron chi connectivity index (χ4n) is 4.03. The van der Waals surface area contributed by atoms with Gasteiger partial charge in [-0.1, -0.05) is 35.7 Å². The number of halogens is 2. The van der Waals surface area contributed by atoms with E-state index in [9.17, 15) is 0 Å². The van der Waals surface area contributed by atoms with Crippen LogP contribution in [0.5, 0.6) is 0 Å². The Bertz CT molecular complexity index is 716. The maximum Gasteiger partial charge on any atom is 0.150 e. The van der Waals surface area contributed by atoms with Gasteiger partial charge in [0.15, 0.2) is 5.82 Å². The summed E-state index contributed by atoms with van der Waals surface area (Å²) >= 11 is 12.1. The van der Waals surface area contributed by atoms with E-state index in [1.54, 1.807) is 0 Å². The molecule has 4 rings (SSSR count). The van der Waals surface area contributed by atoms with Crippen LogP contribution in [0.1, 0.15) is 32.1 Å². The first kappa shape index (κ1) is 17.2. The molecule has 2 aliphatic heterocycles. The predicted octanol–water partition coefficient (Wildman–Crippen LogP) is 4.84. The van der Waals surface area contributed by atoms with E-state index >= 15 is 0 Å². The second-order valence-electron chi connectivity index (χ2n) is 7.08. The highest BCUT2D eigenvalue weighted by molar-refractivity contribution is 6.42.